The van der Waals surface area contributed by atoms with Gasteiger partial charge in [0.25, 0.3) is 0 Å². The number of likely N-dealkylation sites (tertiary alicyclic amines) is 2. The molecular formula is C19H28N4O4. The topological polar surface area (TPSA) is 95.7 Å². The summed E-state index contributed by atoms with van der Waals surface area (Å²) in [6, 6.07) is -0.349. The van der Waals surface area contributed by atoms with Crippen LogP contribution in [0.4, 0.5) is 0 Å². The van der Waals surface area contributed by atoms with Crippen molar-refractivity contribution in [3.63, 3.8) is 0 Å². The van der Waals surface area contributed by atoms with Crippen molar-refractivity contribution >= 4 is 17.8 Å². The summed E-state index contributed by atoms with van der Waals surface area (Å²) < 4.78 is 1.67. The number of piperidine rings is 2. The third kappa shape index (κ3) is 3.84. The molecule has 0 spiro atoms. The van der Waals surface area contributed by atoms with Crippen LogP contribution in [0.3, 0.4) is 0 Å². The lowest BCUT2D eigenvalue weighted by Gasteiger charge is -2.43. The predicted octanol–water partition coefficient (Wildman–Crippen LogP) is 1.29. The SMILES string of the molecule is CCN1C(=O)CCC(C(=O)N2CC(C)CC(C(=O)O)C2)C1c1cnn(C)c1. The molecule has 2 aliphatic rings. The molecule has 3 rings (SSSR count). The monoisotopic (exact) mass is 376 g/mol. The number of hydrogen-bond donors (Lipinski definition) is 1. The highest BCUT2D eigenvalue weighted by Gasteiger charge is 2.43. The van der Waals surface area contributed by atoms with Gasteiger partial charge in [0.1, 0.15) is 0 Å². The maximum Gasteiger partial charge on any atom is 0.308 e. The van der Waals surface area contributed by atoms with Crippen LogP contribution in [0, 0.1) is 17.8 Å². The molecule has 1 aromatic rings. The molecule has 148 valence electrons. The Morgan fingerprint density at radius 2 is 2.07 bits per heavy atom. The molecule has 0 bridgehead atoms. The van der Waals surface area contributed by atoms with Crippen molar-refractivity contribution in [2.24, 2.45) is 24.8 Å². The zero-order valence-electron chi connectivity index (χ0n) is 16.2. The highest BCUT2D eigenvalue weighted by Crippen LogP contribution is 2.38. The van der Waals surface area contributed by atoms with Gasteiger partial charge in [0.05, 0.1) is 24.1 Å². The molecule has 2 amide bonds. The Balaban J connectivity index is 1.88. The minimum absolute atomic E-state index is 0.0471. The van der Waals surface area contributed by atoms with Crippen LogP contribution in [0.15, 0.2) is 12.4 Å². The number of rotatable bonds is 4. The van der Waals surface area contributed by atoms with Gasteiger partial charge in [-0.25, -0.2) is 0 Å². The van der Waals surface area contributed by atoms with Crippen LogP contribution < -0.4 is 0 Å². The van der Waals surface area contributed by atoms with E-state index in [0.717, 1.165) is 5.56 Å². The average Bonchev–Trinajstić information content (AvgIpc) is 3.06. The fourth-order valence-corrected chi connectivity index (χ4v) is 4.53. The van der Waals surface area contributed by atoms with Crippen molar-refractivity contribution in [1.82, 2.24) is 19.6 Å². The van der Waals surface area contributed by atoms with Crippen LogP contribution in [0.2, 0.25) is 0 Å². The zero-order valence-corrected chi connectivity index (χ0v) is 16.2. The van der Waals surface area contributed by atoms with Crippen LogP contribution in [-0.2, 0) is 21.4 Å². The number of carboxylic acids is 1. The number of carbonyl (C=O) groups is 3. The maximum absolute atomic E-state index is 13.4. The molecule has 0 aromatic carbocycles. The molecule has 1 aromatic heterocycles. The summed E-state index contributed by atoms with van der Waals surface area (Å²) in [5.41, 5.74) is 0.852. The Hall–Kier alpha value is -2.38. The summed E-state index contributed by atoms with van der Waals surface area (Å²) in [4.78, 5) is 40.8. The first kappa shape index (κ1) is 19.4. The minimum atomic E-state index is -0.850. The normalized spacial score (nSPS) is 29.1. The Morgan fingerprint density at radius 1 is 1.33 bits per heavy atom. The second kappa shape index (κ2) is 7.70. The largest absolute Gasteiger partial charge is 0.481 e. The molecule has 3 heterocycles. The van der Waals surface area contributed by atoms with Gasteiger partial charge in [0, 0.05) is 44.9 Å². The first-order valence-corrected chi connectivity index (χ1v) is 9.61. The summed E-state index contributed by atoms with van der Waals surface area (Å²) >= 11 is 0. The fourth-order valence-electron chi connectivity index (χ4n) is 4.53. The molecule has 27 heavy (non-hydrogen) atoms. The molecule has 0 aliphatic carbocycles. The molecule has 4 atom stereocenters. The van der Waals surface area contributed by atoms with Gasteiger partial charge < -0.3 is 14.9 Å². The van der Waals surface area contributed by atoms with Crippen molar-refractivity contribution in [2.75, 3.05) is 19.6 Å². The summed E-state index contributed by atoms with van der Waals surface area (Å²) in [6.07, 6.45) is 4.98. The molecule has 2 aliphatic heterocycles. The predicted molar refractivity (Wildman–Crippen MR) is 97.5 cm³/mol. The second-order valence-corrected chi connectivity index (χ2v) is 7.84. The number of aryl methyl sites for hydroxylation is 1. The van der Waals surface area contributed by atoms with E-state index in [1.807, 2.05) is 27.1 Å². The number of amides is 2. The Morgan fingerprint density at radius 3 is 2.67 bits per heavy atom. The number of hydrogen-bond acceptors (Lipinski definition) is 4. The van der Waals surface area contributed by atoms with Crippen molar-refractivity contribution < 1.29 is 19.5 Å². The Labute approximate surface area is 159 Å². The van der Waals surface area contributed by atoms with E-state index in [4.69, 9.17) is 0 Å². The number of carboxylic acid groups (broad SMARTS) is 1. The first-order valence-electron chi connectivity index (χ1n) is 9.61. The number of aliphatic carboxylic acids is 1. The molecule has 0 radical (unpaired) electrons. The molecule has 0 saturated carbocycles. The van der Waals surface area contributed by atoms with E-state index in [1.54, 1.807) is 20.7 Å². The first-order chi connectivity index (χ1) is 12.8. The van der Waals surface area contributed by atoms with Gasteiger partial charge in [-0.3, -0.25) is 19.1 Å². The van der Waals surface area contributed by atoms with Gasteiger partial charge in [0.15, 0.2) is 0 Å². The van der Waals surface area contributed by atoms with E-state index in [9.17, 15) is 19.5 Å². The van der Waals surface area contributed by atoms with Gasteiger partial charge in [-0.2, -0.15) is 5.10 Å². The molecule has 2 fully saturated rings. The molecule has 2 saturated heterocycles. The van der Waals surface area contributed by atoms with Gasteiger partial charge in [-0.05, 0) is 25.7 Å². The summed E-state index contributed by atoms with van der Waals surface area (Å²) in [7, 11) is 1.81. The van der Waals surface area contributed by atoms with E-state index in [2.05, 4.69) is 5.10 Å². The van der Waals surface area contributed by atoms with Crippen molar-refractivity contribution in [3.8, 4) is 0 Å². The molecule has 1 N–H and O–H groups in total. The second-order valence-electron chi connectivity index (χ2n) is 7.84. The maximum atomic E-state index is 13.4. The lowest BCUT2D eigenvalue weighted by Crippen LogP contribution is -2.52. The van der Waals surface area contributed by atoms with Gasteiger partial charge in [-0.1, -0.05) is 6.92 Å². The van der Waals surface area contributed by atoms with Gasteiger partial charge in [0.2, 0.25) is 11.8 Å². The highest BCUT2D eigenvalue weighted by atomic mass is 16.4. The van der Waals surface area contributed by atoms with E-state index in [0.29, 0.717) is 32.4 Å². The van der Waals surface area contributed by atoms with E-state index in [1.165, 1.54) is 0 Å². The van der Waals surface area contributed by atoms with Crippen molar-refractivity contribution in [1.29, 1.82) is 0 Å². The van der Waals surface area contributed by atoms with Gasteiger partial charge in [-0.15, -0.1) is 0 Å². The van der Waals surface area contributed by atoms with Crippen LogP contribution in [0.25, 0.3) is 0 Å². The minimum Gasteiger partial charge on any atom is -0.481 e. The van der Waals surface area contributed by atoms with Crippen LogP contribution >= 0.6 is 0 Å². The van der Waals surface area contributed by atoms with Crippen LogP contribution in [0.1, 0.15) is 44.7 Å². The molecule has 8 nitrogen and oxygen atoms in total. The lowest BCUT2D eigenvalue weighted by molar-refractivity contribution is -0.152. The van der Waals surface area contributed by atoms with E-state index >= 15 is 0 Å². The average molecular weight is 376 g/mol. The number of carbonyl (C=O) groups excluding carboxylic acids is 2. The summed E-state index contributed by atoms with van der Waals surface area (Å²) in [5.74, 6) is -1.60. The van der Waals surface area contributed by atoms with E-state index < -0.39 is 11.9 Å². The van der Waals surface area contributed by atoms with Crippen molar-refractivity contribution in [3.05, 3.63) is 18.0 Å². The molecule has 4 unspecified atom stereocenters. The molecular weight excluding hydrogens is 348 g/mol. The third-order valence-electron chi connectivity index (χ3n) is 5.75. The van der Waals surface area contributed by atoms with E-state index in [-0.39, 0.29) is 36.2 Å². The number of nitrogens with zero attached hydrogens (tertiary/aromatic N) is 4. The van der Waals surface area contributed by atoms with Crippen LogP contribution in [-0.4, -0.2) is 62.1 Å². The summed E-state index contributed by atoms with van der Waals surface area (Å²) in [6.45, 7) is 5.23. The highest BCUT2D eigenvalue weighted by molar-refractivity contribution is 5.85. The Kier molecular flexibility index (Phi) is 5.53. The Bertz CT molecular complexity index is 731. The quantitative estimate of drug-likeness (QED) is 0.854. The lowest BCUT2D eigenvalue weighted by atomic mass is 9.82. The third-order valence-corrected chi connectivity index (χ3v) is 5.75. The standard InChI is InChI=1S/C19H28N4O4/c1-4-23-16(24)6-5-15(17(23)14-8-20-21(3)10-14)18(25)22-9-12(2)7-13(11-22)19(26)27/h8,10,12-13,15,17H,4-7,9,11H2,1-3H3,(H,26,27). The van der Waals surface area contributed by atoms with Crippen molar-refractivity contribution in [2.45, 2.75) is 39.2 Å². The van der Waals surface area contributed by atoms with Gasteiger partial charge >= 0.3 is 5.97 Å². The smallest absolute Gasteiger partial charge is 0.308 e. The number of aromatic nitrogens is 2. The molecule has 8 heteroatoms. The zero-order chi connectivity index (χ0) is 19.7. The summed E-state index contributed by atoms with van der Waals surface area (Å²) in [5, 5.41) is 13.6. The van der Waals surface area contributed by atoms with Crippen LogP contribution in [0.5, 0.6) is 0 Å². The fraction of sp³-hybridized carbons (Fsp3) is 0.684.